The van der Waals surface area contributed by atoms with Crippen molar-refractivity contribution in [2.75, 3.05) is 0 Å². The number of carboxylic acids is 1. The highest BCUT2D eigenvalue weighted by atomic mass is 79.9. The van der Waals surface area contributed by atoms with Crippen LogP contribution >= 0.6 is 15.9 Å². The van der Waals surface area contributed by atoms with E-state index in [4.69, 9.17) is 4.74 Å². The van der Waals surface area contributed by atoms with Crippen LogP contribution < -0.4 is 4.74 Å². The van der Waals surface area contributed by atoms with E-state index in [1.807, 2.05) is 13.0 Å². The van der Waals surface area contributed by atoms with Crippen LogP contribution in [0.25, 0.3) is 0 Å². The van der Waals surface area contributed by atoms with E-state index in [0.29, 0.717) is 5.75 Å². The van der Waals surface area contributed by atoms with Gasteiger partial charge in [-0.25, -0.2) is 4.79 Å². The normalized spacial score (nSPS) is 16.6. The summed E-state index contributed by atoms with van der Waals surface area (Å²) in [6, 6.07) is 3.50. The van der Waals surface area contributed by atoms with Crippen LogP contribution in [0, 0.1) is 6.92 Å². The molecule has 1 aromatic carbocycles. The third-order valence-electron chi connectivity index (χ3n) is 3.31. The average Bonchev–Trinajstić information content (AvgIpc) is 2.33. The summed E-state index contributed by atoms with van der Waals surface area (Å²) < 4.78 is 6.70. The third kappa shape index (κ3) is 3.05. The van der Waals surface area contributed by atoms with Gasteiger partial charge in [-0.1, -0.05) is 22.4 Å². The van der Waals surface area contributed by atoms with Gasteiger partial charge in [-0.05, 0) is 50.3 Å². The van der Waals surface area contributed by atoms with Crippen LogP contribution in [-0.4, -0.2) is 17.2 Å². The molecule has 18 heavy (non-hydrogen) atoms. The zero-order chi connectivity index (χ0) is 13.1. The van der Waals surface area contributed by atoms with Crippen molar-refractivity contribution in [1.82, 2.24) is 0 Å². The van der Waals surface area contributed by atoms with Crippen LogP contribution in [0.1, 0.15) is 48.0 Å². The predicted molar refractivity (Wildman–Crippen MR) is 73.3 cm³/mol. The fourth-order valence-corrected chi connectivity index (χ4v) is 2.97. The third-order valence-corrected chi connectivity index (χ3v) is 3.76. The molecule has 1 fully saturated rings. The van der Waals surface area contributed by atoms with Gasteiger partial charge >= 0.3 is 5.97 Å². The molecule has 0 aliphatic heterocycles. The maximum atomic E-state index is 11.3. The van der Waals surface area contributed by atoms with E-state index in [-0.39, 0.29) is 11.7 Å². The van der Waals surface area contributed by atoms with Gasteiger partial charge in [0.15, 0.2) is 0 Å². The lowest BCUT2D eigenvalue weighted by Crippen LogP contribution is -2.21. The number of carboxylic acid groups (broad SMARTS) is 1. The Morgan fingerprint density at radius 2 is 2.00 bits per heavy atom. The highest BCUT2D eigenvalue weighted by molar-refractivity contribution is 9.10. The minimum absolute atomic E-state index is 0.164. The van der Waals surface area contributed by atoms with Gasteiger partial charge in [0, 0.05) is 4.47 Å². The Balaban J connectivity index is 2.27. The molecule has 1 N–H and O–H groups in total. The Morgan fingerprint density at radius 3 is 2.61 bits per heavy atom. The molecule has 1 aliphatic carbocycles. The second-order valence-electron chi connectivity index (χ2n) is 4.78. The molecule has 98 valence electrons. The topological polar surface area (TPSA) is 46.5 Å². The van der Waals surface area contributed by atoms with E-state index in [2.05, 4.69) is 15.9 Å². The van der Waals surface area contributed by atoms with Crippen molar-refractivity contribution >= 4 is 21.9 Å². The number of rotatable bonds is 3. The lowest BCUT2D eigenvalue weighted by molar-refractivity contribution is 0.0685. The van der Waals surface area contributed by atoms with Crippen molar-refractivity contribution in [1.29, 1.82) is 0 Å². The van der Waals surface area contributed by atoms with Crippen LogP contribution in [0.3, 0.4) is 0 Å². The highest BCUT2D eigenvalue weighted by Gasteiger charge is 2.20. The first kappa shape index (κ1) is 13.4. The Kier molecular flexibility index (Phi) is 4.27. The number of benzene rings is 1. The summed E-state index contributed by atoms with van der Waals surface area (Å²) in [6.07, 6.45) is 5.80. The number of aryl methyl sites for hydroxylation is 1. The van der Waals surface area contributed by atoms with Gasteiger partial charge in [0.2, 0.25) is 0 Å². The fraction of sp³-hybridized carbons (Fsp3) is 0.500. The molecule has 0 unspecified atom stereocenters. The molecule has 0 amide bonds. The van der Waals surface area contributed by atoms with Gasteiger partial charge in [-0.3, -0.25) is 0 Å². The molecule has 0 saturated heterocycles. The minimum Gasteiger partial charge on any atom is -0.489 e. The summed E-state index contributed by atoms with van der Waals surface area (Å²) in [7, 11) is 0. The molecule has 3 nitrogen and oxygen atoms in total. The second-order valence-corrected chi connectivity index (χ2v) is 5.70. The van der Waals surface area contributed by atoms with Crippen LogP contribution in [0.5, 0.6) is 5.75 Å². The monoisotopic (exact) mass is 312 g/mol. The molecule has 0 radical (unpaired) electrons. The van der Waals surface area contributed by atoms with Crippen molar-refractivity contribution in [2.45, 2.75) is 45.1 Å². The van der Waals surface area contributed by atoms with E-state index in [0.717, 1.165) is 22.9 Å². The summed E-state index contributed by atoms with van der Waals surface area (Å²) >= 11 is 3.32. The summed E-state index contributed by atoms with van der Waals surface area (Å²) in [5.74, 6) is -0.414. The lowest BCUT2D eigenvalue weighted by atomic mass is 9.97. The zero-order valence-electron chi connectivity index (χ0n) is 10.4. The molecule has 0 atom stereocenters. The lowest BCUT2D eigenvalue weighted by Gasteiger charge is -2.24. The fourth-order valence-electron chi connectivity index (χ4n) is 2.39. The molecule has 0 spiro atoms. The number of ether oxygens (including phenoxy) is 1. The van der Waals surface area contributed by atoms with Gasteiger partial charge in [0.25, 0.3) is 0 Å². The van der Waals surface area contributed by atoms with Crippen molar-refractivity contribution in [2.24, 2.45) is 0 Å². The van der Waals surface area contributed by atoms with Crippen LogP contribution in [0.15, 0.2) is 16.6 Å². The van der Waals surface area contributed by atoms with Crippen LogP contribution in [0.2, 0.25) is 0 Å². The number of halogens is 1. The minimum atomic E-state index is -0.940. The standard InChI is InChI=1S/C14H17BrO3/c1-9-7-10(15)8-12(14(16)17)13(9)18-11-5-3-2-4-6-11/h7-8,11H,2-6H2,1H3,(H,16,17). The SMILES string of the molecule is Cc1cc(Br)cc(C(=O)O)c1OC1CCCCC1. The van der Waals surface area contributed by atoms with E-state index in [1.165, 1.54) is 19.3 Å². The van der Waals surface area contributed by atoms with Crippen molar-refractivity contribution in [3.05, 3.63) is 27.7 Å². The number of carbonyl (C=O) groups is 1. The first-order chi connectivity index (χ1) is 8.58. The smallest absolute Gasteiger partial charge is 0.339 e. The van der Waals surface area contributed by atoms with Gasteiger partial charge in [-0.15, -0.1) is 0 Å². The van der Waals surface area contributed by atoms with Crippen LogP contribution in [0.4, 0.5) is 0 Å². The first-order valence-corrected chi connectivity index (χ1v) is 7.07. The maximum absolute atomic E-state index is 11.3. The molecule has 0 heterocycles. The van der Waals surface area contributed by atoms with Crippen molar-refractivity contribution < 1.29 is 14.6 Å². The van der Waals surface area contributed by atoms with Crippen molar-refractivity contribution in [3.63, 3.8) is 0 Å². The summed E-state index contributed by atoms with van der Waals surface area (Å²) in [6.45, 7) is 1.88. The van der Waals surface area contributed by atoms with E-state index >= 15 is 0 Å². The van der Waals surface area contributed by atoms with Gasteiger partial charge < -0.3 is 9.84 Å². The number of hydrogen-bond acceptors (Lipinski definition) is 2. The molecule has 4 heteroatoms. The molecule has 0 aromatic heterocycles. The van der Waals surface area contributed by atoms with Gasteiger partial charge in [0.1, 0.15) is 11.3 Å². The Morgan fingerprint density at radius 1 is 1.33 bits per heavy atom. The highest BCUT2D eigenvalue weighted by Crippen LogP contribution is 2.31. The first-order valence-electron chi connectivity index (χ1n) is 6.28. The van der Waals surface area contributed by atoms with Crippen LogP contribution in [-0.2, 0) is 0 Å². The predicted octanol–water partition coefficient (Wildman–Crippen LogP) is 4.17. The summed E-state index contributed by atoms with van der Waals surface area (Å²) in [4.78, 5) is 11.3. The summed E-state index contributed by atoms with van der Waals surface area (Å²) in [5.41, 5.74) is 1.11. The van der Waals surface area contributed by atoms with E-state index in [1.54, 1.807) is 6.07 Å². The van der Waals surface area contributed by atoms with Gasteiger partial charge in [0.05, 0.1) is 6.10 Å². The zero-order valence-corrected chi connectivity index (χ0v) is 12.0. The molecular weight excluding hydrogens is 296 g/mol. The molecule has 1 aromatic rings. The Labute approximate surface area is 115 Å². The Bertz CT molecular complexity index is 451. The average molecular weight is 313 g/mol. The number of aromatic carboxylic acids is 1. The Hall–Kier alpha value is -1.03. The second kappa shape index (κ2) is 5.74. The molecular formula is C14H17BrO3. The van der Waals surface area contributed by atoms with E-state index in [9.17, 15) is 9.90 Å². The largest absolute Gasteiger partial charge is 0.489 e. The molecule has 1 saturated carbocycles. The van der Waals surface area contributed by atoms with Gasteiger partial charge in [-0.2, -0.15) is 0 Å². The molecule has 0 bridgehead atoms. The summed E-state index contributed by atoms with van der Waals surface area (Å²) in [5, 5.41) is 9.24. The maximum Gasteiger partial charge on any atom is 0.339 e. The molecule has 1 aliphatic rings. The number of hydrogen-bond donors (Lipinski definition) is 1. The quantitative estimate of drug-likeness (QED) is 0.911. The van der Waals surface area contributed by atoms with E-state index < -0.39 is 5.97 Å². The molecule has 2 rings (SSSR count). The van der Waals surface area contributed by atoms with Crippen molar-refractivity contribution in [3.8, 4) is 5.75 Å².